The van der Waals surface area contributed by atoms with Gasteiger partial charge in [0.15, 0.2) is 0 Å². The summed E-state index contributed by atoms with van der Waals surface area (Å²) in [5, 5.41) is 11.9. The second-order valence-electron chi connectivity index (χ2n) is 4.85. The van der Waals surface area contributed by atoms with Gasteiger partial charge < -0.3 is 5.21 Å². The van der Waals surface area contributed by atoms with Crippen LogP contribution in [0.25, 0.3) is 0 Å². The van der Waals surface area contributed by atoms with E-state index in [-0.39, 0.29) is 5.12 Å². The van der Waals surface area contributed by atoms with Crippen LogP contribution in [0.5, 0.6) is 0 Å². The van der Waals surface area contributed by atoms with Gasteiger partial charge in [-0.15, -0.1) is 0 Å². The summed E-state index contributed by atoms with van der Waals surface area (Å²) in [6.07, 6.45) is 14.5. The Hall–Kier alpha value is -0.770. The molecule has 0 aromatic carbocycles. The van der Waals surface area contributed by atoms with E-state index in [9.17, 15) is 4.79 Å². The van der Waals surface area contributed by atoms with Crippen LogP contribution in [0.3, 0.4) is 0 Å². The summed E-state index contributed by atoms with van der Waals surface area (Å²) in [5.41, 5.74) is 0.322. The van der Waals surface area contributed by atoms with Gasteiger partial charge in [-0.25, -0.2) is 0 Å². The molecule has 0 amide bonds. The molecule has 0 bridgehead atoms. The molecule has 3 nitrogen and oxygen atoms in total. The lowest BCUT2D eigenvalue weighted by atomic mass is 10.1. The molecule has 116 valence electrons. The van der Waals surface area contributed by atoms with E-state index in [1.807, 2.05) is 6.92 Å². The number of carbonyl (C=O) groups is 1. The Kier molecular flexibility index (Phi) is 14.1. The second-order valence-corrected chi connectivity index (χ2v) is 6.09. The highest BCUT2D eigenvalue weighted by atomic mass is 32.2. The third-order valence-corrected chi connectivity index (χ3v) is 3.94. The van der Waals surface area contributed by atoms with E-state index in [2.05, 4.69) is 24.2 Å². The topological polar surface area (TPSA) is 49.7 Å². The van der Waals surface area contributed by atoms with Crippen LogP contribution in [0.2, 0.25) is 0 Å². The molecule has 0 saturated carbocycles. The maximum atomic E-state index is 11.5. The van der Waals surface area contributed by atoms with Crippen molar-refractivity contribution in [3.63, 3.8) is 0 Å². The Balaban J connectivity index is 3.45. The van der Waals surface area contributed by atoms with Gasteiger partial charge in [0.1, 0.15) is 5.71 Å². The van der Waals surface area contributed by atoms with Crippen molar-refractivity contribution in [1.82, 2.24) is 0 Å². The highest BCUT2D eigenvalue weighted by Gasteiger charge is 2.11. The molecule has 4 heteroatoms. The molecule has 0 heterocycles. The zero-order valence-corrected chi connectivity index (χ0v) is 13.8. The van der Waals surface area contributed by atoms with Crippen LogP contribution in [0.1, 0.15) is 71.6 Å². The fourth-order valence-electron chi connectivity index (χ4n) is 2.01. The summed E-state index contributed by atoms with van der Waals surface area (Å²) < 4.78 is 0. The lowest BCUT2D eigenvalue weighted by Crippen LogP contribution is -2.10. The van der Waals surface area contributed by atoms with Gasteiger partial charge in [0.05, 0.1) is 0 Å². The number of oxime groups is 1. The minimum atomic E-state index is -0.0843. The van der Waals surface area contributed by atoms with E-state index < -0.39 is 0 Å². The Morgan fingerprint density at radius 1 is 1.10 bits per heavy atom. The number of allylic oxidation sites excluding steroid dienone is 2. The molecule has 1 N–H and O–H groups in total. The first kappa shape index (κ1) is 19.2. The molecule has 0 aromatic heterocycles. The number of carbonyl (C=O) groups excluding carboxylic acids is 1. The van der Waals surface area contributed by atoms with Crippen molar-refractivity contribution in [2.75, 3.05) is 5.75 Å². The predicted octanol–water partition coefficient (Wildman–Crippen LogP) is 5.18. The van der Waals surface area contributed by atoms with Crippen molar-refractivity contribution in [2.45, 2.75) is 71.6 Å². The summed E-state index contributed by atoms with van der Waals surface area (Å²) in [5.74, 6) is 0.727. The number of nitrogens with zero attached hydrogens (tertiary/aromatic N) is 1. The highest BCUT2D eigenvalue weighted by molar-refractivity contribution is 8.15. The number of rotatable bonds is 12. The fourth-order valence-corrected chi connectivity index (χ4v) is 2.58. The summed E-state index contributed by atoms with van der Waals surface area (Å²) in [6.45, 7) is 3.99. The van der Waals surface area contributed by atoms with Crippen LogP contribution < -0.4 is 0 Å². The summed E-state index contributed by atoms with van der Waals surface area (Å²) in [4.78, 5) is 11.5. The van der Waals surface area contributed by atoms with Crippen molar-refractivity contribution in [2.24, 2.45) is 5.16 Å². The van der Waals surface area contributed by atoms with Crippen LogP contribution in [0, 0.1) is 0 Å². The first-order valence-electron chi connectivity index (χ1n) is 7.75. The van der Waals surface area contributed by atoms with E-state index in [0.29, 0.717) is 12.1 Å². The number of hydrogen-bond acceptors (Lipinski definition) is 4. The maximum Gasteiger partial charge on any atom is 0.236 e. The van der Waals surface area contributed by atoms with Crippen molar-refractivity contribution >= 4 is 22.6 Å². The van der Waals surface area contributed by atoms with Crippen LogP contribution in [0.4, 0.5) is 0 Å². The Morgan fingerprint density at radius 3 is 2.25 bits per heavy atom. The molecular formula is C16H29NO2S. The minimum Gasteiger partial charge on any atom is -0.411 e. The quantitative estimate of drug-likeness (QED) is 0.177. The smallest absolute Gasteiger partial charge is 0.236 e. The van der Waals surface area contributed by atoms with Gasteiger partial charge in [-0.1, -0.05) is 68.1 Å². The third kappa shape index (κ3) is 11.1. The molecule has 0 spiro atoms. The summed E-state index contributed by atoms with van der Waals surface area (Å²) in [6, 6.07) is 0. The van der Waals surface area contributed by atoms with Crippen LogP contribution in [-0.4, -0.2) is 21.8 Å². The van der Waals surface area contributed by atoms with E-state index in [1.165, 1.54) is 50.3 Å². The molecule has 0 aromatic rings. The van der Waals surface area contributed by atoms with E-state index in [1.54, 1.807) is 0 Å². The molecule has 0 fully saturated rings. The van der Waals surface area contributed by atoms with Gasteiger partial charge in [0.25, 0.3) is 0 Å². The number of unbranched alkanes of at least 4 members (excludes halogenated alkanes) is 7. The van der Waals surface area contributed by atoms with Crippen molar-refractivity contribution < 1.29 is 10.0 Å². The lowest BCUT2D eigenvalue weighted by molar-refractivity contribution is -0.105. The molecular weight excluding hydrogens is 270 g/mol. The fraction of sp³-hybridized carbons (Fsp3) is 0.750. The molecule has 0 aliphatic heterocycles. The predicted molar refractivity (Wildman–Crippen MR) is 88.7 cm³/mol. The Morgan fingerprint density at radius 2 is 1.70 bits per heavy atom. The largest absolute Gasteiger partial charge is 0.411 e. The van der Waals surface area contributed by atoms with Crippen molar-refractivity contribution in [3.8, 4) is 0 Å². The van der Waals surface area contributed by atoms with Crippen molar-refractivity contribution in [1.29, 1.82) is 0 Å². The van der Waals surface area contributed by atoms with Crippen LogP contribution in [0.15, 0.2) is 17.3 Å². The standard InChI is InChI=1S/C16H29NO2S/c1-3-5-6-7-8-9-10-11-12-13-14-15(17-19)16(18)20-4-2/h3,5,19H,4,6-14H2,1-2H3/b5-3+,17-15-. The molecule has 0 aliphatic carbocycles. The van der Waals surface area contributed by atoms with Gasteiger partial charge in [-0.2, -0.15) is 0 Å². The Bertz CT molecular complexity index is 301. The average Bonchev–Trinajstić information content (AvgIpc) is 2.45. The zero-order valence-electron chi connectivity index (χ0n) is 12.9. The highest BCUT2D eigenvalue weighted by Crippen LogP contribution is 2.12. The van der Waals surface area contributed by atoms with Crippen LogP contribution in [-0.2, 0) is 4.79 Å². The van der Waals surface area contributed by atoms with Gasteiger partial charge in [0.2, 0.25) is 5.12 Å². The molecule has 0 unspecified atom stereocenters. The first-order valence-corrected chi connectivity index (χ1v) is 8.74. The lowest BCUT2D eigenvalue weighted by Gasteiger charge is -2.03. The summed E-state index contributed by atoms with van der Waals surface area (Å²) >= 11 is 1.21. The van der Waals surface area contributed by atoms with Crippen molar-refractivity contribution in [3.05, 3.63) is 12.2 Å². The number of hydrogen-bond donors (Lipinski definition) is 1. The maximum absolute atomic E-state index is 11.5. The van der Waals surface area contributed by atoms with E-state index >= 15 is 0 Å². The minimum absolute atomic E-state index is 0.0843. The number of thioether (sulfide) groups is 1. The van der Waals surface area contributed by atoms with Gasteiger partial charge in [-0.3, -0.25) is 4.79 Å². The third-order valence-electron chi connectivity index (χ3n) is 3.15. The molecule has 20 heavy (non-hydrogen) atoms. The van der Waals surface area contributed by atoms with E-state index in [4.69, 9.17) is 5.21 Å². The summed E-state index contributed by atoms with van der Waals surface area (Å²) in [7, 11) is 0. The normalized spacial score (nSPS) is 12.2. The van der Waals surface area contributed by atoms with Gasteiger partial charge in [0, 0.05) is 0 Å². The second kappa shape index (κ2) is 14.6. The van der Waals surface area contributed by atoms with Crippen LogP contribution >= 0.6 is 11.8 Å². The molecule has 0 radical (unpaired) electrons. The average molecular weight is 299 g/mol. The Labute approximate surface area is 127 Å². The SMILES string of the molecule is C/C=C/CCCCCCCCC/C(=N/O)C(=O)SCC. The molecule has 0 saturated heterocycles. The van der Waals surface area contributed by atoms with Gasteiger partial charge in [-0.05, 0) is 38.4 Å². The first-order chi connectivity index (χ1) is 9.76. The van der Waals surface area contributed by atoms with E-state index in [0.717, 1.165) is 18.6 Å². The molecule has 0 rings (SSSR count). The molecule has 0 atom stereocenters. The van der Waals surface area contributed by atoms with Gasteiger partial charge >= 0.3 is 0 Å². The molecule has 0 aliphatic rings. The zero-order chi connectivity index (χ0) is 15.1. The monoisotopic (exact) mass is 299 g/mol.